The van der Waals surface area contributed by atoms with Crippen molar-refractivity contribution >= 4 is 17.7 Å². The minimum atomic E-state index is -4.82. The molecule has 0 bridgehead atoms. The van der Waals surface area contributed by atoms with Crippen LogP contribution in [0.2, 0.25) is 0 Å². The Bertz CT molecular complexity index is 1280. The van der Waals surface area contributed by atoms with E-state index in [1.165, 1.54) is 36.5 Å². The van der Waals surface area contributed by atoms with E-state index in [9.17, 15) is 26.3 Å². The summed E-state index contributed by atoms with van der Waals surface area (Å²) in [6, 6.07) is 7.44. The smallest absolute Gasteiger partial charge is 0.406 e. The van der Waals surface area contributed by atoms with Gasteiger partial charge in [0, 0.05) is 51.0 Å². The lowest BCUT2D eigenvalue weighted by Gasteiger charge is -2.36. The zero-order valence-corrected chi connectivity index (χ0v) is 20.4. The van der Waals surface area contributed by atoms with Crippen LogP contribution in [0, 0.1) is 0 Å². The molecule has 0 N–H and O–H groups in total. The molecule has 0 unspecified atom stereocenters. The second-order valence-electron chi connectivity index (χ2n) is 8.78. The number of morpholine rings is 1. The van der Waals surface area contributed by atoms with E-state index in [-0.39, 0.29) is 30.5 Å². The molecule has 9 nitrogen and oxygen atoms in total. The lowest BCUT2D eigenvalue weighted by Crippen LogP contribution is -2.48. The SMILES string of the molecule is FC(F)(F)Oc1ccc(-c2nc(N3CCOCC3)nc(N3CCN(c4ncccc4C(F)(F)F)CC3)n2)cc1. The van der Waals surface area contributed by atoms with Crippen molar-refractivity contribution in [2.45, 2.75) is 12.5 Å². The average Bonchev–Trinajstić information content (AvgIpc) is 2.92. The van der Waals surface area contributed by atoms with Gasteiger partial charge in [0.1, 0.15) is 11.6 Å². The molecule has 1 aromatic carbocycles. The number of hydrogen-bond donors (Lipinski definition) is 0. The van der Waals surface area contributed by atoms with Gasteiger partial charge in [-0.25, -0.2) is 4.98 Å². The molecule has 0 atom stereocenters. The summed E-state index contributed by atoms with van der Waals surface area (Å²) in [4.78, 5) is 23.0. The van der Waals surface area contributed by atoms with Crippen LogP contribution in [0.15, 0.2) is 42.6 Å². The van der Waals surface area contributed by atoms with Crippen LogP contribution >= 0.6 is 0 Å². The number of piperazine rings is 1. The van der Waals surface area contributed by atoms with E-state index in [4.69, 9.17) is 4.74 Å². The zero-order chi connectivity index (χ0) is 27.6. The molecular formula is C24H23F6N7O2. The van der Waals surface area contributed by atoms with E-state index in [0.717, 1.165) is 6.07 Å². The molecule has 2 fully saturated rings. The summed E-state index contributed by atoms with van der Waals surface area (Å²) in [5, 5.41) is 0. The van der Waals surface area contributed by atoms with Gasteiger partial charge in [0.05, 0.1) is 18.8 Å². The van der Waals surface area contributed by atoms with E-state index in [0.29, 0.717) is 56.9 Å². The monoisotopic (exact) mass is 555 g/mol. The average molecular weight is 555 g/mol. The highest BCUT2D eigenvalue weighted by molar-refractivity contribution is 5.60. The van der Waals surface area contributed by atoms with Gasteiger partial charge in [-0.3, -0.25) is 0 Å². The first kappa shape index (κ1) is 26.7. The van der Waals surface area contributed by atoms with Gasteiger partial charge < -0.3 is 24.2 Å². The van der Waals surface area contributed by atoms with Gasteiger partial charge in [-0.05, 0) is 36.4 Å². The van der Waals surface area contributed by atoms with E-state index < -0.39 is 18.1 Å². The summed E-state index contributed by atoms with van der Waals surface area (Å²) < 4.78 is 87.5. The van der Waals surface area contributed by atoms with Crippen LogP contribution in [-0.2, 0) is 10.9 Å². The van der Waals surface area contributed by atoms with Crippen LogP contribution in [-0.4, -0.2) is 78.8 Å². The first-order chi connectivity index (χ1) is 18.6. The standard InChI is InChI=1S/C24H23F6N7O2/c25-23(26,27)18-2-1-7-31-20(18)35-8-10-36(11-9-35)21-32-19(33-22(34-21)37-12-14-38-15-13-37)16-3-5-17(6-4-16)39-24(28,29)30/h1-7H,8-15H2. The molecule has 2 aliphatic heterocycles. The minimum Gasteiger partial charge on any atom is -0.406 e. The third kappa shape index (κ3) is 6.41. The fraction of sp³-hybridized carbons (Fsp3) is 0.417. The van der Waals surface area contributed by atoms with Crippen molar-refractivity contribution in [2.24, 2.45) is 0 Å². The molecule has 0 saturated carbocycles. The van der Waals surface area contributed by atoms with Crippen LogP contribution in [0.3, 0.4) is 0 Å². The molecule has 2 aliphatic rings. The molecule has 5 rings (SSSR count). The van der Waals surface area contributed by atoms with Crippen LogP contribution < -0.4 is 19.4 Å². The highest BCUT2D eigenvalue weighted by atomic mass is 19.4. The maximum Gasteiger partial charge on any atom is 0.573 e. The fourth-order valence-corrected chi connectivity index (χ4v) is 4.32. The predicted molar refractivity (Wildman–Crippen MR) is 129 cm³/mol. The number of aromatic nitrogens is 4. The highest BCUT2D eigenvalue weighted by Crippen LogP contribution is 2.35. The Labute approximate surface area is 219 Å². The number of alkyl halides is 6. The summed E-state index contributed by atoms with van der Waals surface area (Å²) in [6.07, 6.45) is -8.02. The Morgan fingerprint density at radius 1 is 0.718 bits per heavy atom. The Morgan fingerprint density at radius 2 is 1.31 bits per heavy atom. The van der Waals surface area contributed by atoms with Crippen molar-refractivity contribution in [1.29, 1.82) is 0 Å². The van der Waals surface area contributed by atoms with Crippen molar-refractivity contribution in [3.05, 3.63) is 48.2 Å². The zero-order valence-electron chi connectivity index (χ0n) is 20.4. The number of hydrogen-bond acceptors (Lipinski definition) is 9. The molecule has 0 radical (unpaired) electrons. The third-order valence-corrected chi connectivity index (χ3v) is 6.21. The molecule has 39 heavy (non-hydrogen) atoms. The summed E-state index contributed by atoms with van der Waals surface area (Å²) in [5.41, 5.74) is -0.349. The molecule has 2 aromatic heterocycles. The Kier molecular flexibility index (Phi) is 7.34. The number of benzene rings is 1. The summed E-state index contributed by atoms with van der Waals surface area (Å²) >= 11 is 0. The summed E-state index contributed by atoms with van der Waals surface area (Å²) in [5.74, 6) is 0.426. The summed E-state index contributed by atoms with van der Waals surface area (Å²) in [7, 11) is 0. The minimum absolute atomic E-state index is 0.129. The Hall–Kier alpha value is -3.88. The Balaban J connectivity index is 1.40. The van der Waals surface area contributed by atoms with E-state index in [2.05, 4.69) is 24.7 Å². The fourth-order valence-electron chi connectivity index (χ4n) is 4.32. The van der Waals surface area contributed by atoms with Crippen LogP contribution in [0.25, 0.3) is 11.4 Å². The second kappa shape index (κ2) is 10.7. The van der Waals surface area contributed by atoms with Gasteiger partial charge in [-0.15, -0.1) is 13.2 Å². The van der Waals surface area contributed by atoms with Gasteiger partial charge >= 0.3 is 12.5 Å². The van der Waals surface area contributed by atoms with Gasteiger partial charge in [0.2, 0.25) is 11.9 Å². The molecular weight excluding hydrogens is 532 g/mol. The van der Waals surface area contributed by atoms with Crippen molar-refractivity contribution in [2.75, 3.05) is 67.2 Å². The lowest BCUT2D eigenvalue weighted by atomic mass is 10.2. The van der Waals surface area contributed by atoms with Crippen molar-refractivity contribution < 1.29 is 35.8 Å². The first-order valence-corrected chi connectivity index (χ1v) is 12.0. The molecule has 0 aliphatic carbocycles. The van der Waals surface area contributed by atoms with Crippen LogP contribution in [0.5, 0.6) is 5.75 Å². The maximum absolute atomic E-state index is 13.5. The number of rotatable bonds is 5. The third-order valence-electron chi connectivity index (χ3n) is 6.21. The predicted octanol–water partition coefficient (Wildman–Crippen LogP) is 4.01. The topological polar surface area (TPSA) is 79.7 Å². The molecule has 3 aromatic rings. The van der Waals surface area contributed by atoms with E-state index in [1.54, 1.807) is 4.90 Å². The molecule has 208 valence electrons. The number of nitrogens with zero attached hydrogens (tertiary/aromatic N) is 7. The molecule has 0 spiro atoms. The van der Waals surface area contributed by atoms with Gasteiger partial charge in [-0.1, -0.05) is 0 Å². The molecule has 2 saturated heterocycles. The van der Waals surface area contributed by atoms with Crippen molar-refractivity contribution in [3.8, 4) is 17.1 Å². The van der Waals surface area contributed by atoms with Crippen LogP contribution in [0.4, 0.5) is 44.1 Å². The molecule has 15 heteroatoms. The van der Waals surface area contributed by atoms with Crippen molar-refractivity contribution in [3.63, 3.8) is 0 Å². The molecule has 0 amide bonds. The number of halogens is 6. The second-order valence-corrected chi connectivity index (χ2v) is 8.78. The van der Waals surface area contributed by atoms with Gasteiger partial charge in [-0.2, -0.15) is 28.1 Å². The summed E-state index contributed by atoms with van der Waals surface area (Å²) in [6.45, 7) is 3.16. The highest BCUT2D eigenvalue weighted by Gasteiger charge is 2.36. The lowest BCUT2D eigenvalue weighted by molar-refractivity contribution is -0.274. The maximum atomic E-state index is 13.5. The van der Waals surface area contributed by atoms with Gasteiger partial charge in [0.15, 0.2) is 5.82 Å². The quantitative estimate of drug-likeness (QED) is 0.434. The number of pyridine rings is 1. The van der Waals surface area contributed by atoms with E-state index in [1.807, 2.05) is 9.80 Å². The van der Waals surface area contributed by atoms with E-state index >= 15 is 0 Å². The number of anilines is 3. The van der Waals surface area contributed by atoms with Crippen LogP contribution in [0.1, 0.15) is 5.56 Å². The molecule has 4 heterocycles. The first-order valence-electron chi connectivity index (χ1n) is 12.0. The number of ether oxygens (including phenoxy) is 2. The largest absolute Gasteiger partial charge is 0.573 e. The normalized spacial score (nSPS) is 16.9. The Morgan fingerprint density at radius 3 is 1.90 bits per heavy atom. The van der Waals surface area contributed by atoms with Crippen molar-refractivity contribution in [1.82, 2.24) is 19.9 Å². The van der Waals surface area contributed by atoms with Gasteiger partial charge in [0.25, 0.3) is 0 Å².